The van der Waals surface area contributed by atoms with Gasteiger partial charge in [-0.15, -0.1) is 12.4 Å². The summed E-state index contributed by atoms with van der Waals surface area (Å²) >= 11 is 2.89. The van der Waals surface area contributed by atoms with E-state index >= 15 is 0 Å². The van der Waals surface area contributed by atoms with Gasteiger partial charge in [0, 0.05) is 4.47 Å². The Balaban J connectivity index is 0.00000400. The zero-order chi connectivity index (χ0) is 15.7. The smallest absolute Gasteiger partial charge is 0.455 e. The second-order valence-electron chi connectivity index (χ2n) is 3.83. The molecule has 3 nitrogen and oxygen atoms in total. The fourth-order valence-electron chi connectivity index (χ4n) is 1.48. The highest BCUT2D eigenvalue weighted by molar-refractivity contribution is 9.10. The molecule has 21 heavy (non-hydrogen) atoms. The minimum Gasteiger partial charge on any atom is -0.493 e. The molecule has 1 aromatic carbocycles. The molecule has 0 saturated carbocycles. The second-order valence-corrected chi connectivity index (χ2v) is 4.68. The van der Waals surface area contributed by atoms with Crippen LogP contribution in [-0.4, -0.2) is 26.3 Å². The maximum absolute atomic E-state index is 13.3. The number of alkyl halides is 5. The van der Waals surface area contributed by atoms with Crippen molar-refractivity contribution in [3.63, 3.8) is 0 Å². The molecule has 0 spiro atoms. The van der Waals surface area contributed by atoms with Gasteiger partial charge in [0.1, 0.15) is 6.04 Å². The molecule has 0 aliphatic rings. The summed E-state index contributed by atoms with van der Waals surface area (Å²) in [5, 5.41) is 0. The van der Waals surface area contributed by atoms with Crippen LogP contribution in [0.2, 0.25) is 0 Å². The summed E-state index contributed by atoms with van der Waals surface area (Å²) in [6.45, 7) is 0. The Morgan fingerprint density at radius 3 is 1.86 bits per heavy atom. The highest BCUT2D eigenvalue weighted by Crippen LogP contribution is 2.46. The molecule has 0 heterocycles. The molecule has 0 bridgehead atoms. The van der Waals surface area contributed by atoms with Crippen molar-refractivity contribution in [3.05, 3.63) is 22.2 Å². The van der Waals surface area contributed by atoms with Gasteiger partial charge in [-0.1, -0.05) is 15.9 Å². The van der Waals surface area contributed by atoms with E-state index in [0.29, 0.717) is 0 Å². The van der Waals surface area contributed by atoms with Crippen molar-refractivity contribution in [1.29, 1.82) is 0 Å². The fourth-order valence-corrected chi connectivity index (χ4v) is 2.05. The number of rotatable bonds is 4. The van der Waals surface area contributed by atoms with Crippen LogP contribution in [0.5, 0.6) is 11.5 Å². The zero-order valence-electron chi connectivity index (χ0n) is 10.8. The van der Waals surface area contributed by atoms with Gasteiger partial charge in [0.25, 0.3) is 0 Å². The Labute approximate surface area is 132 Å². The number of hydrogen-bond donors (Lipinski definition) is 1. The monoisotopic (exact) mass is 399 g/mol. The standard InChI is InChI=1S/C11H11BrF5NO2.ClH/c1-19-7-3-5(6(12)4-8(7)20-2)9(18)10(13,14)11(15,16)17;/h3-4,9H,18H2,1-2H3;1H/t9-;/m1./s1. The van der Waals surface area contributed by atoms with Crippen LogP contribution in [0.25, 0.3) is 0 Å². The lowest BCUT2D eigenvalue weighted by atomic mass is 10.0. The molecular weight excluding hydrogens is 388 g/mol. The fraction of sp³-hybridized carbons (Fsp3) is 0.455. The highest BCUT2D eigenvalue weighted by atomic mass is 79.9. The van der Waals surface area contributed by atoms with E-state index in [1.165, 1.54) is 20.3 Å². The lowest BCUT2D eigenvalue weighted by molar-refractivity contribution is -0.291. The van der Waals surface area contributed by atoms with Gasteiger partial charge in [-0.2, -0.15) is 22.0 Å². The van der Waals surface area contributed by atoms with Gasteiger partial charge in [-0.05, 0) is 17.7 Å². The molecule has 0 unspecified atom stereocenters. The van der Waals surface area contributed by atoms with Crippen molar-refractivity contribution in [1.82, 2.24) is 0 Å². The maximum atomic E-state index is 13.3. The van der Waals surface area contributed by atoms with E-state index < -0.39 is 23.7 Å². The number of ether oxygens (including phenoxy) is 2. The van der Waals surface area contributed by atoms with E-state index in [1.54, 1.807) is 0 Å². The number of nitrogens with two attached hydrogens (primary N) is 1. The lowest BCUT2D eigenvalue weighted by Crippen LogP contribution is -2.46. The average Bonchev–Trinajstić information content (AvgIpc) is 2.36. The Kier molecular flexibility index (Phi) is 6.71. The van der Waals surface area contributed by atoms with Crippen LogP contribution in [0.1, 0.15) is 11.6 Å². The molecule has 122 valence electrons. The summed E-state index contributed by atoms with van der Waals surface area (Å²) in [5.74, 6) is -4.90. The predicted molar refractivity (Wildman–Crippen MR) is 72.4 cm³/mol. The molecule has 0 saturated heterocycles. The average molecular weight is 401 g/mol. The summed E-state index contributed by atoms with van der Waals surface area (Å²) in [5.41, 5.74) is 4.64. The summed E-state index contributed by atoms with van der Waals surface area (Å²) in [4.78, 5) is 0. The third kappa shape index (κ3) is 3.89. The van der Waals surface area contributed by atoms with Crippen molar-refractivity contribution in [3.8, 4) is 11.5 Å². The first-order valence-corrected chi connectivity index (χ1v) is 5.97. The predicted octanol–water partition coefficient (Wildman–Crippen LogP) is 4.09. The van der Waals surface area contributed by atoms with Crippen LogP contribution < -0.4 is 15.2 Å². The molecule has 1 atom stereocenters. The lowest BCUT2D eigenvalue weighted by Gasteiger charge is -2.27. The number of methoxy groups -OCH3 is 2. The van der Waals surface area contributed by atoms with E-state index in [9.17, 15) is 22.0 Å². The minimum absolute atomic E-state index is 0. The molecule has 10 heteroatoms. The SMILES string of the molecule is COc1cc(Br)c([C@@H](N)C(F)(F)C(F)(F)F)cc1OC.Cl. The molecule has 0 amide bonds. The van der Waals surface area contributed by atoms with E-state index in [-0.39, 0.29) is 28.4 Å². The molecule has 0 aliphatic heterocycles. The summed E-state index contributed by atoms with van der Waals surface area (Å²) in [6, 6.07) is -0.384. The van der Waals surface area contributed by atoms with Crippen LogP contribution in [0.3, 0.4) is 0 Å². The molecule has 0 aromatic heterocycles. The van der Waals surface area contributed by atoms with Crippen LogP contribution in [0.4, 0.5) is 22.0 Å². The first kappa shape index (κ1) is 20.2. The topological polar surface area (TPSA) is 44.5 Å². The van der Waals surface area contributed by atoms with Crippen molar-refractivity contribution in [2.45, 2.75) is 18.1 Å². The number of hydrogen-bond acceptors (Lipinski definition) is 3. The second kappa shape index (κ2) is 6.97. The molecule has 0 aliphatic carbocycles. The van der Waals surface area contributed by atoms with Gasteiger partial charge in [-0.25, -0.2) is 0 Å². The maximum Gasteiger partial charge on any atom is 0.455 e. The van der Waals surface area contributed by atoms with Crippen molar-refractivity contribution < 1.29 is 31.4 Å². The molecule has 0 radical (unpaired) electrons. The summed E-state index contributed by atoms with van der Waals surface area (Å²) < 4.78 is 73.2. The van der Waals surface area contributed by atoms with Crippen LogP contribution in [0.15, 0.2) is 16.6 Å². The van der Waals surface area contributed by atoms with Crippen molar-refractivity contribution in [2.24, 2.45) is 5.73 Å². The number of halogens is 7. The minimum atomic E-state index is -5.75. The Morgan fingerprint density at radius 1 is 1.05 bits per heavy atom. The quantitative estimate of drug-likeness (QED) is 0.775. The first-order valence-electron chi connectivity index (χ1n) is 5.17. The van der Waals surface area contributed by atoms with Crippen LogP contribution >= 0.6 is 28.3 Å². The third-order valence-corrected chi connectivity index (χ3v) is 3.29. The van der Waals surface area contributed by atoms with E-state index in [0.717, 1.165) is 6.07 Å². The summed E-state index contributed by atoms with van der Waals surface area (Å²) in [7, 11) is 2.52. The summed E-state index contributed by atoms with van der Waals surface area (Å²) in [6.07, 6.45) is -5.75. The molecule has 0 fully saturated rings. The largest absolute Gasteiger partial charge is 0.493 e. The van der Waals surface area contributed by atoms with Crippen molar-refractivity contribution >= 4 is 28.3 Å². The Bertz CT molecular complexity index is 498. The molecule has 1 aromatic rings. The molecular formula is C11H12BrClF5NO2. The first-order chi connectivity index (χ1) is 9.06. The van der Waals surface area contributed by atoms with Crippen LogP contribution in [-0.2, 0) is 0 Å². The van der Waals surface area contributed by atoms with E-state index in [4.69, 9.17) is 15.2 Å². The highest BCUT2D eigenvalue weighted by Gasteiger charge is 2.62. The molecule has 1 rings (SSSR count). The van der Waals surface area contributed by atoms with Crippen LogP contribution in [0, 0.1) is 0 Å². The van der Waals surface area contributed by atoms with E-state index in [1.807, 2.05) is 0 Å². The van der Waals surface area contributed by atoms with Gasteiger partial charge in [0.15, 0.2) is 11.5 Å². The molecule has 2 N–H and O–H groups in total. The van der Waals surface area contributed by atoms with Gasteiger partial charge in [0.2, 0.25) is 0 Å². The van der Waals surface area contributed by atoms with Gasteiger partial charge in [0.05, 0.1) is 14.2 Å². The Morgan fingerprint density at radius 2 is 1.48 bits per heavy atom. The van der Waals surface area contributed by atoms with Gasteiger partial charge >= 0.3 is 12.1 Å². The number of benzene rings is 1. The van der Waals surface area contributed by atoms with Crippen molar-refractivity contribution in [2.75, 3.05) is 14.2 Å². The Hall–Kier alpha value is -0.800. The normalized spacial score (nSPS) is 13.4. The van der Waals surface area contributed by atoms with Gasteiger partial charge < -0.3 is 15.2 Å². The zero-order valence-corrected chi connectivity index (χ0v) is 13.2. The van der Waals surface area contributed by atoms with E-state index in [2.05, 4.69) is 15.9 Å². The third-order valence-electron chi connectivity index (χ3n) is 2.61. The van der Waals surface area contributed by atoms with Gasteiger partial charge in [-0.3, -0.25) is 0 Å².